The second-order valence-corrected chi connectivity index (χ2v) is 8.58. The number of benzene rings is 1. The zero-order valence-electron chi connectivity index (χ0n) is 19.2. The van der Waals surface area contributed by atoms with E-state index < -0.39 is 17.7 Å². The van der Waals surface area contributed by atoms with Crippen LogP contribution in [-0.2, 0) is 29.0 Å². The van der Waals surface area contributed by atoms with Crippen LogP contribution in [0, 0.1) is 0 Å². The van der Waals surface area contributed by atoms with E-state index >= 15 is 0 Å². The van der Waals surface area contributed by atoms with Gasteiger partial charge >= 0.3 is 12.1 Å². The third-order valence-electron chi connectivity index (χ3n) is 5.94. The third-order valence-corrected chi connectivity index (χ3v) is 5.94. The number of carbonyl (C=O) groups is 1. The summed E-state index contributed by atoms with van der Waals surface area (Å²) in [4.78, 5) is 20.2. The van der Waals surface area contributed by atoms with Crippen molar-refractivity contribution < 1.29 is 27.9 Å². The van der Waals surface area contributed by atoms with Gasteiger partial charge in [0.15, 0.2) is 0 Å². The molecular weight excluding hydrogens is 447 g/mol. The van der Waals surface area contributed by atoms with E-state index in [4.69, 9.17) is 9.94 Å². The number of halogens is 3. The minimum absolute atomic E-state index is 0.0398. The first-order valence-electron chi connectivity index (χ1n) is 11.5. The molecule has 0 bridgehead atoms. The normalized spacial score (nSPS) is 15.4. The van der Waals surface area contributed by atoms with Gasteiger partial charge in [-0.15, -0.1) is 0 Å². The summed E-state index contributed by atoms with van der Waals surface area (Å²) in [6.07, 6.45) is 1.91. The summed E-state index contributed by atoms with van der Waals surface area (Å²) in [5, 5.41) is 15.7. The summed E-state index contributed by atoms with van der Waals surface area (Å²) < 4.78 is 41.1. The maximum atomic E-state index is 13.7. The lowest BCUT2D eigenvalue weighted by atomic mass is 9.81. The molecule has 0 saturated heterocycles. The van der Waals surface area contributed by atoms with Crippen LogP contribution in [0.4, 0.5) is 13.2 Å². The highest BCUT2D eigenvalue weighted by molar-refractivity contribution is 5.96. The van der Waals surface area contributed by atoms with Gasteiger partial charge in [-0.2, -0.15) is 13.2 Å². The van der Waals surface area contributed by atoms with Crippen LogP contribution in [0.5, 0.6) is 0 Å². The molecular formula is C25H30F3N3O3. The van der Waals surface area contributed by atoms with Crippen LogP contribution in [0.2, 0.25) is 0 Å². The van der Waals surface area contributed by atoms with Gasteiger partial charge < -0.3 is 15.3 Å². The Balaban J connectivity index is 1.59. The third kappa shape index (κ3) is 7.55. The molecule has 0 radical (unpaired) electrons. The van der Waals surface area contributed by atoms with Crippen LogP contribution in [0.3, 0.4) is 0 Å². The number of oxime groups is 1. The van der Waals surface area contributed by atoms with Crippen molar-refractivity contribution in [3.63, 3.8) is 0 Å². The van der Waals surface area contributed by atoms with E-state index in [1.54, 1.807) is 31.3 Å². The van der Waals surface area contributed by atoms with Crippen molar-refractivity contribution in [1.82, 2.24) is 10.3 Å². The lowest BCUT2D eigenvalue weighted by Crippen LogP contribution is -2.17. The van der Waals surface area contributed by atoms with Crippen LogP contribution >= 0.6 is 0 Å². The van der Waals surface area contributed by atoms with Gasteiger partial charge in [0.1, 0.15) is 12.3 Å². The number of carboxylic acid groups (broad SMARTS) is 1. The zero-order chi connectivity index (χ0) is 24.6. The number of nitrogens with zero attached hydrogens (tertiary/aromatic N) is 2. The molecule has 0 spiro atoms. The fraction of sp³-hybridized carbons (Fsp3) is 0.480. The largest absolute Gasteiger partial charge is 0.481 e. The predicted octanol–water partition coefficient (Wildman–Crippen LogP) is 5.65. The number of pyridine rings is 1. The first-order chi connectivity index (χ1) is 16.2. The molecule has 1 fully saturated rings. The van der Waals surface area contributed by atoms with Crippen molar-refractivity contribution in [1.29, 1.82) is 0 Å². The average molecular weight is 478 g/mol. The van der Waals surface area contributed by atoms with Gasteiger partial charge in [0.25, 0.3) is 0 Å². The van der Waals surface area contributed by atoms with E-state index in [9.17, 15) is 18.0 Å². The van der Waals surface area contributed by atoms with Gasteiger partial charge in [0.05, 0.1) is 17.7 Å². The Kier molecular flexibility index (Phi) is 9.04. The minimum Gasteiger partial charge on any atom is -0.481 e. The van der Waals surface area contributed by atoms with E-state index in [1.807, 2.05) is 6.07 Å². The molecule has 3 rings (SSSR count). The number of hydrogen-bond acceptors (Lipinski definition) is 5. The second kappa shape index (κ2) is 12.0. The predicted molar refractivity (Wildman–Crippen MR) is 122 cm³/mol. The summed E-state index contributed by atoms with van der Waals surface area (Å²) in [5.41, 5.74) is 2.20. The summed E-state index contributed by atoms with van der Waals surface area (Å²) in [7, 11) is 0. The molecule has 1 aliphatic rings. The molecule has 2 N–H and O–H groups in total. The topological polar surface area (TPSA) is 83.8 Å². The van der Waals surface area contributed by atoms with Crippen LogP contribution in [0.1, 0.15) is 79.3 Å². The number of aliphatic carboxylic acids is 1. The van der Waals surface area contributed by atoms with Crippen LogP contribution in [0.25, 0.3) is 0 Å². The molecule has 0 atom stereocenters. The molecule has 1 aliphatic carbocycles. The van der Waals surface area contributed by atoms with E-state index in [0.29, 0.717) is 35.6 Å². The average Bonchev–Trinajstić information content (AvgIpc) is 2.82. The zero-order valence-corrected chi connectivity index (χ0v) is 19.2. The van der Waals surface area contributed by atoms with Gasteiger partial charge in [0, 0.05) is 19.3 Å². The number of nitrogens with one attached hydrogen (secondary N) is 1. The van der Waals surface area contributed by atoms with Crippen molar-refractivity contribution >= 4 is 11.7 Å². The molecule has 9 heteroatoms. The number of hydrogen-bond donors (Lipinski definition) is 2. The smallest absolute Gasteiger partial charge is 0.416 e. The van der Waals surface area contributed by atoms with Gasteiger partial charge in [0.2, 0.25) is 0 Å². The van der Waals surface area contributed by atoms with Crippen LogP contribution < -0.4 is 5.32 Å². The van der Waals surface area contributed by atoms with Gasteiger partial charge in [-0.1, -0.05) is 42.6 Å². The van der Waals surface area contributed by atoms with Gasteiger partial charge in [-0.25, -0.2) is 0 Å². The summed E-state index contributed by atoms with van der Waals surface area (Å²) in [6, 6.07) is 8.07. The Morgan fingerprint density at radius 2 is 1.91 bits per heavy atom. The SMILES string of the molecule is CC(=NOCc1ccc(C2CCCCC2)c(C(F)(F)F)c1)c1ccc(CNCCC(=O)O)cn1. The lowest BCUT2D eigenvalue weighted by Gasteiger charge is -2.25. The summed E-state index contributed by atoms with van der Waals surface area (Å²) >= 11 is 0. The van der Waals surface area contributed by atoms with Crippen LogP contribution in [-0.4, -0.2) is 28.3 Å². The number of aromatic nitrogens is 1. The molecule has 0 amide bonds. The molecule has 34 heavy (non-hydrogen) atoms. The molecule has 184 valence electrons. The standard InChI is InChI=1S/C25H30F3N3O3/c1-17(23-10-8-19(15-30-23)14-29-12-11-24(32)33)31-34-16-18-7-9-21(20-5-3-2-4-6-20)22(13-18)25(26,27)28/h7-10,13,15,20,29H,2-6,11-12,14,16H2,1H3,(H,32,33). The molecule has 1 aromatic carbocycles. The maximum absolute atomic E-state index is 13.7. The highest BCUT2D eigenvalue weighted by atomic mass is 19.4. The van der Waals surface area contributed by atoms with Gasteiger partial charge in [-0.3, -0.25) is 9.78 Å². The van der Waals surface area contributed by atoms with E-state index in [1.165, 1.54) is 6.07 Å². The molecule has 2 aromatic rings. The van der Waals surface area contributed by atoms with Crippen molar-refractivity contribution in [3.8, 4) is 0 Å². The number of alkyl halides is 3. The first-order valence-corrected chi connectivity index (χ1v) is 11.5. The monoisotopic (exact) mass is 477 g/mol. The Morgan fingerprint density at radius 1 is 1.18 bits per heavy atom. The summed E-state index contributed by atoms with van der Waals surface area (Å²) in [5.74, 6) is -0.898. The van der Waals surface area contributed by atoms with Crippen LogP contribution in [0.15, 0.2) is 41.7 Å². The molecule has 1 heterocycles. The lowest BCUT2D eigenvalue weighted by molar-refractivity contribution is -0.139. The number of carboxylic acids is 1. The summed E-state index contributed by atoms with van der Waals surface area (Å²) in [6.45, 7) is 2.49. The molecule has 1 aromatic heterocycles. The molecule has 6 nitrogen and oxygen atoms in total. The fourth-order valence-corrected chi connectivity index (χ4v) is 4.13. The van der Waals surface area contributed by atoms with Gasteiger partial charge in [-0.05, 0) is 54.5 Å². The highest BCUT2D eigenvalue weighted by Crippen LogP contribution is 2.41. The number of rotatable bonds is 10. The molecule has 0 unspecified atom stereocenters. The van der Waals surface area contributed by atoms with E-state index in [0.717, 1.165) is 37.7 Å². The van der Waals surface area contributed by atoms with Crippen molar-refractivity contribution in [2.75, 3.05) is 6.54 Å². The Hall–Kier alpha value is -2.94. The highest BCUT2D eigenvalue weighted by Gasteiger charge is 2.35. The Bertz CT molecular complexity index is 985. The van der Waals surface area contributed by atoms with E-state index in [-0.39, 0.29) is 18.9 Å². The van der Waals surface area contributed by atoms with Crippen molar-refractivity contribution in [3.05, 3.63) is 64.5 Å². The Morgan fingerprint density at radius 3 is 2.56 bits per heavy atom. The van der Waals surface area contributed by atoms with Crippen molar-refractivity contribution in [2.24, 2.45) is 5.16 Å². The fourth-order valence-electron chi connectivity index (χ4n) is 4.13. The molecule has 1 saturated carbocycles. The maximum Gasteiger partial charge on any atom is 0.416 e. The van der Waals surface area contributed by atoms with Crippen molar-refractivity contribution in [2.45, 2.75) is 70.7 Å². The Labute approximate surface area is 197 Å². The quantitative estimate of drug-likeness (QED) is 0.262. The van der Waals surface area contributed by atoms with E-state index in [2.05, 4.69) is 15.5 Å². The molecule has 0 aliphatic heterocycles. The minimum atomic E-state index is -4.41. The second-order valence-electron chi connectivity index (χ2n) is 8.58. The first kappa shape index (κ1) is 25.7.